The van der Waals surface area contributed by atoms with Crippen LogP contribution in [0.4, 0.5) is 5.69 Å². The van der Waals surface area contributed by atoms with Crippen LogP contribution in [0.25, 0.3) is 6.08 Å². The third-order valence-corrected chi connectivity index (χ3v) is 6.16. The molecule has 0 aliphatic carbocycles. The molecule has 1 aliphatic heterocycles. The summed E-state index contributed by atoms with van der Waals surface area (Å²) >= 11 is 2.89. The number of carbonyl (C=O) groups is 1. The minimum absolute atomic E-state index is 0.0969. The van der Waals surface area contributed by atoms with Gasteiger partial charge in [0.15, 0.2) is 10.3 Å². The number of aliphatic imine (C=N–C) groups is 1. The molecule has 5 nitrogen and oxygen atoms in total. The van der Waals surface area contributed by atoms with E-state index < -0.39 is 0 Å². The van der Waals surface area contributed by atoms with Crippen LogP contribution in [0.15, 0.2) is 97.1 Å². The first kappa shape index (κ1) is 20.5. The summed E-state index contributed by atoms with van der Waals surface area (Å²) in [6, 6.07) is 23.4. The Balaban J connectivity index is 1.55. The van der Waals surface area contributed by atoms with Crippen LogP contribution in [0, 0.1) is 0 Å². The Morgan fingerprint density at radius 1 is 1.07 bits per heavy atom. The average Bonchev–Trinajstić information content (AvgIpc) is 3.32. The van der Waals surface area contributed by atoms with Crippen LogP contribution in [0.1, 0.15) is 5.76 Å². The number of nitrogens with zero attached hydrogens (tertiary/aromatic N) is 2. The number of hydrogen-bond acceptors (Lipinski definition) is 6. The van der Waals surface area contributed by atoms with Gasteiger partial charge in [-0.3, -0.25) is 9.69 Å². The summed E-state index contributed by atoms with van der Waals surface area (Å²) in [7, 11) is 1.62. The molecule has 30 heavy (non-hydrogen) atoms. The Bertz CT molecular complexity index is 1060. The van der Waals surface area contributed by atoms with Crippen LogP contribution in [-0.2, 0) is 9.53 Å². The van der Waals surface area contributed by atoms with Gasteiger partial charge in [-0.25, -0.2) is 4.99 Å². The predicted octanol–water partition coefficient (Wildman–Crippen LogP) is 5.68. The van der Waals surface area contributed by atoms with Gasteiger partial charge < -0.3 is 9.15 Å². The van der Waals surface area contributed by atoms with Crippen molar-refractivity contribution in [2.45, 2.75) is 9.99 Å². The molecule has 0 saturated carbocycles. The second-order valence-electron chi connectivity index (χ2n) is 6.36. The van der Waals surface area contributed by atoms with Gasteiger partial charge >= 0.3 is 0 Å². The van der Waals surface area contributed by atoms with Crippen LogP contribution in [0.3, 0.4) is 0 Å². The Morgan fingerprint density at radius 3 is 2.53 bits per heavy atom. The van der Waals surface area contributed by atoms with E-state index in [-0.39, 0.29) is 5.91 Å². The lowest BCUT2D eigenvalue weighted by molar-refractivity contribution is -0.122. The van der Waals surface area contributed by atoms with E-state index in [1.165, 1.54) is 11.8 Å². The normalized spacial score (nSPS) is 16.7. The van der Waals surface area contributed by atoms with E-state index in [9.17, 15) is 4.79 Å². The summed E-state index contributed by atoms with van der Waals surface area (Å²) in [5, 5.41) is 1.41. The highest BCUT2D eigenvalue weighted by Crippen LogP contribution is 2.35. The highest BCUT2D eigenvalue weighted by atomic mass is 32.2. The van der Waals surface area contributed by atoms with Gasteiger partial charge in [0.2, 0.25) is 0 Å². The number of carbonyl (C=O) groups excluding carboxylic acids is 1. The van der Waals surface area contributed by atoms with Crippen molar-refractivity contribution in [1.29, 1.82) is 0 Å². The van der Waals surface area contributed by atoms with E-state index in [0.29, 0.717) is 29.0 Å². The van der Waals surface area contributed by atoms with E-state index in [1.807, 2.05) is 72.8 Å². The largest absolute Gasteiger partial charge is 0.450 e. The number of methoxy groups -OCH3 is 1. The van der Waals surface area contributed by atoms with Crippen molar-refractivity contribution >= 4 is 46.4 Å². The molecule has 0 radical (unpaired) electrons. The maximum atomic E-state index is 13.0. The average molecular weight is 437 g/mol. The zero-order chi connectivity index (χ0) is 20.8. The van der Waals surface area contributed by atoms with Crippen molar-refractivity contribution in [3.05, 3.63) is 83.5 Å². The first-order chi connectivity index (χ1) is 14.7. The maximum absolute atomic E-state index is 13.0. The summed E-state index contributed by atoms with van der Waals surface area (Å²) < 4.78 is 11.1. The van der Waals surface area contributed by atoms with Gasteiger partial charge in [0.1, 0.15) is 5.76 Å². The van der Waals surface area contributed by atoms with Crippen molar-refractivity contribution in [2.24, 2.45) is 4.99 Å². The molecule has 0 unspecified atom stereocenters. The SMILES string of the molecule is COCCN1C(=O)/C(=C/c2ccc(Sc3ccccc3)o2)SC1=Nc1ccccc1. The Morgan fingerprint density at radius 2 is 1.80 bits per heavy atom. The quantitative estimate of drug-likeness (QED) is 0.446. The van der Waals surface area contributed by atoms with E-state index in [2.05, 4.69) is 4.99 Å². The van der Waals surface area contributed by atoms with Gasteiger partial charge in [-0.1, -0.05) is 48.2 Å². The van der Waals surface area contributed by atoms with E-state index in [4.69, 9.17) is 9.15 Å². The van der Waals surface area contributed by atoms with Crippen LogP contribution in [0.5, 0.6) is 0 Å². The number of ether oxygens (including phenoxy) is 1. The minimum atomic E-state index is -0.0969. The zero-order valence-corrected chi connectivity index (χ0v) is 18.0. The van der Waals surface area contributed by atoms with E-state index in [0.717, 1.165) is 15.7 Å². The molecule has 0 atom stereocenters. The number of rotatable bonds is 7. The van der Waals surface area contributed by atoms with Gasteiger partial charge in [0.05, 0.1) is 23.7 Å². The third-order valence-electron chi connectivity index (χ3n) is 4.23. The Labute approximate surface area is 183 Å². The Hall–Kier alpha value is -2.74. The van der Waals surface area contributed by atoms with Gasteiger partial charge in [-0.2, -0.15) is 0 Å². The number of furan rings is 1. The zero-order valence-electron chi connectivity index (χ0n) is 16.4. The predicted molar refractivity (Wildman–Crippen MR) is 122 cm³/mol. The first-order valence-electron chi connectivity index (χ1n) is 9.40. The molecule has 0 N–H and O–H groups in total. The second-order valence-corrected chi connectivity index (χ2v) is 8.45. The molecule has 152 valence electrons. The molecule has 1 saturated heterocycles. The lowest BCUT2D eigenvalue weighted by Gasteiger charge is -2.14. The summed E-state index contributed by atoms with van der Waals surface area (Å²) in [6.07, 6.45) is 1.77. The van der Waals surface area contributed by atoms with Crippen molar-refractivity contribution < 1.29 is 13.9 Å². The number of hydrogen-bond donors (Lipinski definition) is 0. The lowest BCUT2D eigenvalue weighted by Crippen LogP contribution is -2.32. The topological polar surface area (TPSA) is 55.0 Å². The molecule has 1 aliphatic rings. The molecule has 1 aromatic heterocycles. The van der Waals surface area contributed by atoms with Crippen molar-refractivity contribution in [2.75, 3.05) is 20.3 Å². The molecule has 2 aromatic carbocycles. The second kappa shape index (κ2) is 9.84. The molecule has 3 aromatic rings. The highest BCUT2D eigenvalue weighted by Gasteiger charge is 2.33. The van der Waals surface area contributed by atoms with Crippen LogP contribution < -0.4 is 0 Å². The van der Waals surface area contributed by atoms with Crippen LogP contribution in [-0.4, -0.2) is 36.2 Å². The monoisotopic (exact) mass is 436 g/mol. The van der Waals surface area contributed by atoms with Gasteiger partial charge in [-0.15, -0.1) is 0 Å². The fourth-order valence-electron chi connectivity index (χ4n) is 2.78. The number of amidine groups is 1. The van der Waals surface area contributed by atoms with Crippen molar-refractivity contribution in [1.82, 2.24) is 4.90 Å². The fraction of sp³-hybridized carbons (Fsp3) is 0.130. The molecule has 1 fully saturated rings. The first-order valence-corrected chi connectivity index (χ1v) is 11.0. The van der Waals surface area contributed by atoms with Crippen molar-refractivity contribution in [3.8, 4) is 0 Å². The molecule has 0 spiro atoms. The van der Waals surface area contributed by atoms with Crippen LogP contribution >= 0.6 is 23.5 Å². The summed E-state index contributed by atoms with van der Waals surface area (Å²) in [4.78, 5) is 20.9. The number of thioether (sulfide) groups is 1. The van der Waals surface area contributed by atoms with Gasteiger partial charge in [0, 0.05) is 18.1 Å². The van der Waals surface area contributed by atoms with Gasteiger partial charge in [0.25, 0.3) is 5.91 Å². The van der Waals surface area contributed by atoms with Crippen LogP contribution in [0.2, 0.25) is 0 Å². The minimum Gasteiger partial charge on any atom is -0.450 e. The summed E-state index contributed by atoms with van der Waals surface area (Å²) in [6.45, 7) is 0.880. The Kier molecular flexibility index (Phi) is 6.74. The standard InChI is InChI=1S/C23H20N2O3S2/c1-27-15-14-25-22(26)20(30-23(25)24-17-8-4-2-5-9-17)16-18-12-13-21(28-18)29-19-10-6-3-7-11-19/h2-13,16H,14-15H2,1H3/b20-16-,24-23?. The molecular formula is C23H20N2O3S2. The lowest BCUT2D eigenvalue weighted by atomic mass is 10.3. The van der Waals surface area contributed by atoms with E-state index in [1.54, 1.807) is 29.8 Å². The molecule has 0 bridgehead atoms. The molecule has 1 amide bonds. The highest BCUT2D eigenvalue weighted by molar-refractivity contribution is 8.18. The molecule has 2 heterocycles. The molecule has 7 heteroatoms. The van der Waals surface area contributed by atoms with E-state index >= 15 is 0 Å². The molecule has 4 rings (SSSR count). The molecular weight excluding hydrogens is 416 g/mol. The number of benzene rings is 2. The maximum Gasteiger partial charge on any atom is 0.266 e. The smallest absolute Gasteiger partial charge is 0.266 e. The van der Waals surface area contributed by atoms with Gasteiger partial charge in [-0.05, 0) is 48.2 Å². The number of para-hydroxylation sites is 1. The number of amides is 1. The van der Waals surface area contributed by atoms with Crippen molar-refractivity contribution in [3.63, 3.8) is 0 Å². The third kappa shape index (κ3) is 5.05. The summed E-state index contributed by atoms with van der Waals surface area (Å²) in [5.41, 5.74) is 0.802. The fourth-order valence-corrected chi connectivity index (χ4v) is 4.59. The summed E-state index contributed by atoms with van der Waals surface area (Å²) in [5.74, 6) is 0.539.